The van der Waals surface area contributed by atoms with E-state index in [1.807, 2.05) is 31.0 Å². The van der Waals surface area contributed by atoms with E-state index in [-0.39, 0.29) is 49.3 Å². The number of anilines is 1. The van der Waals surface area contributed by atoms with E-state index < -0.39 is 23.6 Å². The molecule has 0 bridgehead atoms. The van der Waals surface area contributed by atoms with Crippen LogP contribution in [0.5, 0.6) is 6.01 Å². The SMILES string of the molecule is C=C(F)C(=O)N1CCN(c2nc(OC[C@@H]3CCCN3C)nc3c(F)c(-c4c(C)ccc5cnn(C)c45)ncc23)C[C@@H]1CC#N. The number of hydrogen-bond donors (Lipinski definition) is 0. The fourth-order valence-electron chi connectivity index (χ4n) is 6.28. The molecular weight excluding hydrogens is 568 g/mol. The summed E-state index contributed by atoms with van der Waals surface area (Å²) in [7, 11) is 3.84. The van der Waals surface area contributed by atoms with Crippen LogP contribution in [0.2, 0.25) is 0 Å². The van der Waals surface area contributed by atoms with Gasteiger partial charge in [0.25, 0.3) is 5.91 Å². The van der Waals surface area contributed by atoms with Gasteiger partial charge < -0.3 is 19.4 Å². The van der Waals surface area contributed by atoms with Crippen LogP contribution >= 0.6 is 0 Å². The van der Waals surface area contributed by atoms with Crippen LogP contribution in [0.15, 0.2) is 36.9 Å². The summed E-state index contributed by atoms with van der Waals surface area (Å²) in [5, 5.41) is 15.0. The maximum atomic E-state index is 16.7. The number of aromatic nitrogens is 5. The molecule has 1 amide bonds. The molecule has 0 aliphatic carbocycles. The third-order valence-electron chi connectivity index (χ3n) is 8.67. The standard InChI is InChI=1S/C31H33F2N9O2/c1-18-7-8-20-14-36-40(4)28(20)24(18)27-25(33)26-23(15-35-27)29(38-31(37-26)44-17-22-6-5-11-39(22)3)41-12-13-42(30(43)19(2)32)21(16-41)9-10-34/h7-8,14-15,21-22H,2,5-6,9,11-13,16-17H2,1,3-4H3/t21-,22-/m0/s1. The highest BCUT2D eigenvalue weighted by Gasteiger charge is 2.34. The van der Waals surface area contributed by atoms with Crippen molar-refractivity contribution in [2.75, 3.05) is 44.7 Å². The second-order valence-electron chi connectivity index (χ2n) is 11.4. The number of halogens is 2. The minimum atomic E-state index is -1.08. The second kappa shape index (κ2) is 11.8. The van der Waals surface area contributed by atoms with Crippen molar-refractivity contribution in [2.24, 2.45) is 7.05 Å². The summed E-state index contributed by atoms with van der Waals surface area (Å²) in [6.45, 7) is 6.88. The molecule has 228 valence electrons. The highest BCUT2D eigenvalue weighted by molar-refractivity contribution is 5.98. The van der Waals surface area contributed by atoms with Gasteiger partial charge in [0.15, 0.2) is 11.6 Å². The largest absolute Gasteiger partial charge is 0.462 e. The summed E-state index contributed by atoms with van der Waals surface area (Å²) in [6.07, 6.45) is 5.28. The lowest BCUT2D eigenvalue weighted by molar-refractivity contribution is -0.131. The fourth-order valence-corrected chi connectivity index (χ4v) is 6.28. The number of carbonyl (C=O) groups is 1. The monoisotopic (exact) mass is 601 g/mol. The Balaban J connectivity index is 1.46. The zero-order valence-electron chi connectivity index (χ0n) is 24.9. The molecule has 44 heavy (non-hydrogen) atoms. The number of likely N-dealkylation sites (tertiary alicyclic amines) is 1. The lowest BCUT2D eigenvalue weighted by atomic mass is 10.0. The Bertz CT molecular complexity index is 1820. The molecule has 13 heteroatoms. The number of carbonyl (C=O) groups excluding carboxylic acids is 1. The molecule has 0 unspecified atom stereocenters. The molecule has 3 aromatic heterocycles. The number of benzene rings is 1. The van der Waals surface area contributed by atoms with Crippen LogP contribution in [-0.2, 0) is 11.8 Å². The average molecular weight is 602 g/mol. The minimum absolute atomic E-state index is 0.0202. The first-order valence-corrected chi connectivity index (χ1v) is 14.6. The molecule has 0 spiro atoms. The van der Waals surface area contributed by atoms with Gasteiger partial charge in [-0.15, -0.1) is 0 Å². The van der Waals surface area contributed by atoms with E-state index in [2.05, 4.69) is 32.6 Å². The van der Waals surface area contributed by atoms with E-state index in [1.165, 1.54) is 4.90 Å². The van der Waals surface area contributed by atoms with Crippen molar-refractivity contribution in [2.45, 2.75) is 38.3 Å². The molecular formula is C31H33F2N9O2. The van der Waals surface area contributed by atoms with Crippen LogP contribution in [-0.4, -0.2) is 92.4 Å². The molecule has 0 N–H and O–H groups in total. The Labute approximate surface area is 253 Å². The third-order valence-corrected chi connectivity index (χ3v) is 8.67. The zero-order valence-corrected chi connectivity index (χ0v) is 24.9. The predicted octanol–water partition coefficient (Wildman–Crippen LogP) is 3.91. The zero-order chi connectivity index (χ0) is 31.1. The minimum Gasteiger partial charge on any atom is -0.462 e. The van der Waals surface area contributed by atoms with Crippen molar-refractivity contribution in [3.63, 3.8) is 0 Å². The highest BCUT2D eigenvalue weighted by Crippen LogP contribution is 2.37. The Kier molecular flexibility index (Phi) is 7.85. The number of likely N-dealkylation sites (N-methyl/N-ethyl adjacent to an activating group) is 1. The first-order valence-electron chi connectivity index (χ1n) is 14.6. The van der Waals surface area contributed by atoms with Gasteiger partial charge in [-0.3, -0.25) is 14.5 Å². The first kappa shape index (κ1) is 29.4. The van der Waals surface area contributed by atoms with E-state index in [4.69, 9.17) is 9.72 Å². The molecule has 2 atom stereocenters. The van der Waals surface area contributed by atoms with Crippen molar-refractivity contribution in [1.29, 1.82) is 5.26 Å². The van der Waals surface area contributed by atoms with Gasteiger partial charge in [0.2, 0.25) is 0 Å². The topological polar surface area (TPSA) is 116 Å². The summed E-state index contributed by atoms with van der Waals surface area (Å²) >= 11 is 0. The maximum absolute atomic E-state index is 16.7. The van der Waals surface area contributed by atoms with Crippen LogP contribution in [0, 0.1) is 24.1 Å². The predicted molar refractivity (Wildman–Crippen MR) is 161 cm³/mol. The number of ether oxygens (including phenoxy) is 1. The molecule has 6 rings (SSSR count). The quantitative estimate of drug-likeness (QED) is 0.291. The van der Waals surface area contributed by atoms with Crippen molar-refractivity contribution in [3.8, 4) is 23.3 Å². The van der Waals surface area contributed by atoms with Crippen LogP contribution < -0.4 is 9.64 Å². The summed E-state index contributed by atoms with van der Waals surface area (Å²) < 4.78 is 38.3. The molecule has 2 fully saturated rings. The van der Waals surface area contributed by atoms with E-state index in [0.717, 1.165) is 35.9 Å². The van der Waals surface area contributed by atoms with Crippen molar-refractivity contribution in [1.82, 2.24) is 34.5 Å². The van der Waals surface area contributed by atoms with E-state index >= 15 is 4.39 Å². The number of pyridine rings is 1. The first-order chi connectivity index (χ1) is 21.2. The number of fused-ring (bicyclic) bond motifs is 2. The highest BCUT2D eigenvalue weighted by atomic mass is 19.1. The fraction of sp³-hybridized carbons (Fsp3) is 0.419. The lowest BCUT2D eigenvalue weighted by Crippen LogP contribution is -2.55. The van der Waals surface area contributed by atoms with Gasteiger partial charge in [0.05, 0.1) is 35.6 Å². The van der Waals surface area contributed by atoms with Crippen molar-refractivity contribution in [3.05, 3.63) is 48.3 Å². The van der Waals surface area contributed by atoms with Gasteiger partial charge in [0.1, 0.15) is 23.6 Å². The average Bonchev–Trinajstić information content (AvgIpc) is 3.60. The van der Waals surface area contributed by atoms with Crippen molar-refractivity contribution >= 4 is 33.5 Å². The Morgan fingerprint density at radius 2 is 2.00 bits per heavy atom. The van der Waals surface area contributed by atoms with Crippen molar-refractivity contribution < 1.29 is 18.3 Å². The van der Waals surface area contributed by atoms with Gasteiger partial charge in [-0.2, -0.15) is 20.3 Å². The normalized spacial score (nSPS) is 19.1. The van der Waals surface area contributed by atoms with E-state index in [9.17, 15) is 14.4 Å². The number of piperazine rings is 1. The number of rotatable bonds is 7. The number of amides is 1. The second-order valence-corrected chi connectivity index (χ2v) is 11.4. The number of nitriles is 1. The lowest BCUT2D eigenvalue weighted by Gasteiger charge is -2.41. The Hall–Kier alpha value is -4.70. The summed E-state index contributed by atoms with van der Waals surface area (Å²) in [5.74, 6) is -2.19. The van der Waals surface area contributed by atoms with Crippen LogP contribution in [0.3, 0.4) is 0 Å². The maximum Gasteiger partial charge on any atom is 0.319 e. The summed E-state index contributed by atoms with van der Waals surface area (Å²) in [6, 6.07) is 5.50. The molecule has 0 radical (unpaired) electrons. The molecule has 1 aromatic carbocycles. The number of aryl methyl sites for hydroxylation is 2. The van der Waals surface area contributed by atoms with E-state index in [0.29, 0.717) is 23.4 Å². The Morgan fingerprint density at radius 1 is 1.18 bits per heavy atom. The van der Waals surface area contributed by atoms with Gasteiger partial charge in [-0.05, 0) is 38.9 Å². The van der Waals surface area contributed by atoms with Crippen LogP contribution in [0.4, 0.5) is 14.6 Å². The molecule has 2 saturated heterocycles. The van der Waals surface area contributed by atoms with Gasteiger partial charge in [-0.25, -0.2) is 8.78 Å². The Morgan fingerprint density at radius 3 is 2.73 bits per heavy atom. The summed E-state index contributed by atoms with van der Waals surface area (Å²) in [5.41, 5.74) is 2.37. The number of nitrogens with zero attached hydrogens (tertiary/aromatic N) is 9. The van der Waals surface area contributed by atoms with Gasteiger partial charge >= 0.3 is 6.01 Å². The van der Waals surface area contributed by atoms with Crippen LogP contribution in [0.1, 0.15) is 24.8 Å². The molecule has 0 saturated carbocycles. The summed E-state index contributed by atoms with van der Waals surface area (Å²) in [4.78, 5) is 31.7. The molecule has 4 aromatic rings. The van der Waals surface area contributed by atoms with Gasteiger partial charge in [0, 0.05) is 49.9 Å². The molecule has 2 aliphatic heterocycles. The third kappa shape index (κ3) is 5.19. The number of hydrogen-bond acceptors (Lipinski definition) is 9. The molecule has 2 aliphatic rings. The smallest absolute Gasteiger partial charge is 0.319 e. The van der Waals surface area contributed by atoms with Crippen LogP contribution in [0.25, 0.3) is 33.1 Å². The molecule has 11 nitrogen and oxygen atoms in total. The van der Waals surface area contributed by atoms with Gasteiger partial charge in [-0.1, -0.05) is 18.7 Å². The van der Waals surface area contributed by atoms with E-state index in [1.54, 1.807) is 24.1 Å². The molecule has 5 heterocycles.